The maximum absolute atomic E-state index is 12.6. The molecule has 0 aromatic heterocycles. The van der Waals surface area contributed by atoms with Crippen molar-refractivity contribution in [3.8, 4) is 0 Å². The van der Waals surface area contributed by atoms with Crippen molar-refractivity contribution in [3.05, 3.63) is 0 Å². The summed E-state index contributed by atoms with van der Waals surface area (Å²) >= 11 is 0. The lowest BCUT2D eigenvalue weighted by Gasteiger charge is -2.31. The third kappa shape index (κ3) is 3.71. The maximum atomic E-state index is 12.6. The average molecular weight is 266 g/mol. The van der Waals surface area contributed by atoms with Crippen LogP contribution < -0.4 is 5.32 Å². The molecule has 2 fully saturated rings. The van der Waals surface area contributed by atoms with E-state index in [1.807, 2.05) is 4.90 Å². The first-order valence-electron chi connectivity index (χ1n) is 7.82. The molecule has 19 heavy (non-hydrogen) atoms. The highest BCUT2D eigenvalue weighted by Gasteiger charge is 2.33. The van der Waals surface area contributed by atoms with E-state index in [0.717, 1.165) is 25.7 Å². The van der Waals surface area contributed by atoms with Crippen molar-refractivity contribution in [2.24, 2.45) is 0 Å². The van der Waals surface area contributed by atoms with Gasteiger partial charge in [0.2, 0.25) is 11.8 Å². The summed E-state index contributed by atoms with van der Waals surface area (Å²) in [6.45, 7) is 2.66. The summed E-state index contributed by atoms with van der Waals surface area (Å²) in [4.78, 5) is 26.3. The standard InChI is InChI=1S/C15H26N2O2/c1-2-7-13-15(19)17(11-10-14(18)16-13)12-8-5-3-4-6-9-12/h12-13H,2-11H2,1H3,(H,16,18). The Morgan fingerprint density at radius 1 is 1.16 bits per heavy atom. The first-order valence-corrected chi connectivity index (χ1v) is 7.82. The summed E-state index contributed by atoms with van der Waals surface area (Å²) in [7, 11) is 0. The molecular formula is C15H26N2O2. The van der Waals surface area contributed by atoms with Crippen molar-refractivity contribution in [2.75, 3.05) is 6.54 Å². The fourth-order valence-corrected chi connectivity index (χ4v) is 3.28. The number of nitrogens with one attached hydrogen (secondary N) is 1. The highest BCUT2D eigenvalue weighted by Crippen LogP contribution is 2.24. The quantitative estimate of drug-likeness (QED) is 0.796. The predicted octanol–water partition coefficient (Wildman–Crippen LogP) is 2.23. The minimum atomic E-state index is -0.289. The molecule has 1 aliphatic carbocycles. The van der Waals surface area contributed by atoms with E-state index in [1.54, 1.807) is 0 Å². The molecule has 1 unspecified atom stereocenters. The van der Waals surface area contributed by atoms with Crippen LogP contribution in [0.15, 0.2) is 0 Å². The van der Waals surface area contributed by atoms with Crippen LogP contribution in [0.2, 0.25) is 0 Å². The van der Waals surface area contributed by atoms with Gasteiger partial charge in [-0.25, -0.2) is 0 Å². The molecule has 0 aromatic rings. The molecule has 0 radical (unpaired) electrons. The normalized spacial score (nSPS) is 26.8. The lowest BCUT2D eigenvalue weighted by molar-refractivity contribution is -0.136. The molecule has 0 bridgehead atoms. The van der Waals surface area contributed by atoms with Crippen molar-refractivity contribution in [1.29, 1.82) is 0 Å². The maximum Gasteiger partial charge on any atom is 0.245 e. The van der Waals surface area contributed by atoms with E-state index < -0.39 is 0 Å². The molecule has 2 aliphatic rings. The van der Waals surface area contributed by atoms with Gasteiger partial charge in [0, 0.05) is 19.0 Å². The van der Waals surface area contributed by atoms with E-state index in [9.17, 15) is 9.59 Å². The minimum absolute atomic E-state index is 0.0305. The molecule has 1 heterocycles. The topological polar surface area (TPSA) is 49.4 Å². The first-order chi connectivity index (χ1) is 9.22. The van der Waals surface area contributed by atoms with Gasteiger partial charge in [0.25, 0.3) is 0 Å². The summed E-state index contributed by atoms with van der Waals surface area (Å²) in [5.74, 6) is 0.183. The number of carbonyl (C=O) groups excluding carboxylic acids is 2. The predicted molar refractivity (Wildman–Crippen MR) is 74.7 cm³/mol. The molecule has 1 atom stereocenters. The molecule has 4 heteroatoms. The average Bonchev–Trinajstić information content (AvgIpc) is 2.72. The van der Waals surface area contributed by atoms with Crippen molar-refractivity contribution < 1.29 is 9.59 Å². The van der Waals surface area contributed by atoms with Gasteiger partial charge in [0.1, 0.15) is 6.04 Å². The largest absolute Gasteiger partial charge is 0.344 e. The van der Waals surface area contributed by atoms with Gasteiger partial charge < -0.3 is 10.2 Å². The van der Waals surface area contributed by atoms with E-state index >= 15 is 0 Å². The summed E-state index contributed by atoms with van der Waals surface area (Å²) in [5.41, 5.74) is 0. The lowest BCUT2D eigenvalue weighted by Crippen LogP contribution is -2.48. The molecule has 108 valence electrons. The second-order valence-electron chi connectivity index (χ2n) is 5.84. The molecule has 1 N–H and O–H groups in total. The van der Waals surface area contributed by atoms with Crippen LogP contribution in [0.3, 0.4) is 0 Å². The number of nitrogens with zero attached hydrogens (tertiary/aromatic N) is 1. The number of hydrogen-bond donors (Lipinski definition) is 1. The molecule has 1 saturated carbocycles. The van der Waals surface area contributed by atoms with Crippen molar-refractivity contribution >= 4 is 11.8 Å². The Balaban J connectivity index is 2.08. The van der Waals surface area contributed by atoms with E-state index in [4.69, 9.17) is 0 Å². The van der Waals surface area contributed by atoms with E-state index in [0.29, 0.717) is 19.0 Å². The molecule has 2 amide bonds. The molecule has 1 aliphatic heterocycles. The van der Waals surface area contributed by atoms with Crippen molar-refractivity contribution in [3.63, 3.8) is 0 Å². The third-order valence-electron chi connectivity index (χ3n) is 4.34. The van der Waals surface area contributed by atoms with Gasteiger partial charge >= 0.3 is 0 Å². The number of amides is 2. The van der Waals surface area contributed by atoms with Gasteiger partial charge in [-0.1, -0.05) is 39.0 Å². The zero-order valence-electron chi connectivity index (χ0n) is 12.0. The fourth-order valence-electron chi connectivity index (χ4n) is 3.28. The van der Waals surface area contributed by atoms with Gasteiger partial charge in [0.15, 0.2) is 0 Å². The van der Waals surface area contributed by atoms with Crippen molar-refractivity contribution in [2.45, 2.75) is 76.8 Å². The molecule has 4 nitrogen and oxygen atoms in total. The first kappa shape index (κ1) is 14.4. The van der Waals surface area contributed by atoms with Gasteiger partial charge in [-0.05, 0) is 19.3 Å². The van der Waals surface area contributed by atoms with Crippen LogP contribution >= 0.6 is 0 Å². The molecule has 0 aromatic carbocycles. The summed E-state index contributed by atoms with van der Waals surface area (Å²) in [6, 6.07) is 0.0744. The van der Waals surface area contributed by atoms with E-state index in [-0.39, 0.29) is 17.9 Å². The Labute approximate surface area is 115 Å². The SMILES string of the molecule is CCCC1NC(=O)CCN(C2CCCCCC2)C1=O. The van der Waals surface area contributed by atoms with Crippen LogP contribution in [0.5, 0.6) is 0 Å². The van der Waals surface area contributed by atoms with Gasteiger partial charge in [-0.15, -0.1) is 0 Å². The second-order valence-corrected chi connectivity index (χ2v) is 5.84. The monoisotopic (exact) mass is 266 g/mol. The highest BCUT2D eigenvalue weighted by atomic mass is 16.2. The summed E-state index contributed by atoms with van der Waals surface area (Å²) in [5, 5.41) is 2.88. The van der Waals surface area contributed by atoms with Crippen LogP contribution in [0, 0.1) is 0 Å². The minimum Gasteiger partial charge on any atom is -0.344 e. The third-order valence-corrected chi connectivity index (χ3v) is 4.34. The van der Waals surface area contributed by atoms with Crippen LogP contribution in [0.25, 0.3) is 0 Å². The van der Waals surface area contributed by atoms with Gasteiger partial charge in [0.05, 0.1) is 0 Å². The number of carbonyl (C=O) groups is 2. The molecule has 0 spiro atoms. The summed E-state index contributed by atoms with van der Waals surface area (Å²) in [6.07, 6.45) is 9.37. The lowest BCUT2D eigenvalue weighted by atomic mass is 10.0. The van der Waals surface area contributed by atoms with Crippen LogP contribution in [-0.4, -0.2) is 35.3 Å². The van der Waals surface area contributed by atoms with E-state index in [1.165, 1.54) is 25.7 Å². The van der Waals surface area contributed by atoms with Crippen LogP contribution in [-0.2, 0) is 9.59 Å². The smallest absolute Gasteiger partial charge is 0.245 e. The Hall–Kier alpha value is -1.06. The zero-order chi connectivity index (χ0) is 13.7. The molecular weight excluding hydrogens is 240 g/mol. The second kappa shape index (κ2) is 6.92. The Morgan fingerprint density at radius 3 is 2.47 bits per heavy atom. The summed E-state index contributed by atoms with van der Waals surface area (Å²) < 4.78 is 0. The molecule has 2 rings (SSSR count). The zero-order valence-corrected chi connectivity index (χ0v) is 12.0. The Morgan fingerprint density at radius 2 is 1.84 bits per heavy atom. The Bertz CT molecular complexity index is 322. The number of rotatable bonds is 3. The van der Waals surface area contributed by atoms with Crippen molar-refractivity contribution in [1.82, 2.24) is 10.2 Å². The molecule has 1 saturated heterocycles. The van der Waals surface area contributed by atoms with Crippen LogP contribution in [0.1, 0.15) is 64.7 Å². The van der Waals surface area contributed by atoms with Crippen LogP contribution in [0.4, 0.5) is 0 Å². The number of hydrogen-bond acceptors (Lipinski definition) is 2. The highest BCUT2D eigenvalue weighted by molar-refractivity contribution is 5.90. The van der Waals surface area contributed by atoms with E-state index in [2.05, 4.69) is 12.2 Å². The van der Waals surface area contributed by atoms with Gasteiger partial charge in [-0.3, -0.25) is 9.59 Å². The fraction of sp³-hybridized carbons (Fsp3) is 0.867. The van der Waals surface area contributed by atoms with Gasteiger partial charge in [-0.2, -0.15) is 0 Å². The Kier molecular flexibility index (Phi) is 5.23.